The van der Waals surface area contributed by atoms with Crippen LogP contribution in [0.25, 0.3) is 0 Å². The van der Waals surface area contributed by atoms with Crippen LogP contribution in [0.15, 0.2) is 30.5 Å². The topological polar surface area (TPSA) is 65.5 Å². The minimum absolute atomic E-state index is 0.0836. The zero-order valence-corrected chi connectivity index (χ0v) is 18.0. The van der Waals surface area contributed by atoms with E-state index in [0.717, 1.165) is 5.56 Å². The molecule has 33 heavy (non-hydrogen) atoms. The van der Waals surface area contributed by atoms with Crippen molar-refractivity contribution in [1.82, 2.24) is 4.98 Å². The fraction of sp³-hybridized carbons (Fsp3) is 0.458. The van der Waals surface area contributed by atoms with E-state index in [0.29, 0.717) is 50.3 Å². The summed E-state index contributed by atoms with van der Waals surface area (Å²) in [5.41, 5.74) is -0.316. The number of ketones is 2. The number of benzene rings is 1. The third-order valence-electron chi connectivity index (χ3n) is 6.45. The Labute approximate surface area is 188 Å². The van der Waals surface area contributed by atoms with Gasteiger partial charge < -0.3 is 9.47 Å². The van der Waals surface area contributed by atoms with E-state index in [1.165, 1.54) is 12.1 Å². The number of alkyl halides is 3. The molecule has 0 bridgehead atoms. The van der Waals surface area contributed by atoms with Crippen molar-refractivity contribution in [1.29, 1.82) is 0 Å². The van der Waals surface area contributed by atoms with Crippen LogP contribution in [0, 0.1) is 11.2 Å². The van der Waals surface area contributed by atoms with E-state index < -0.39 is 29.4 Å². The van der Waals surface area contributed by atoms with Gasteiger partial charge >= 0.3 is 6.18 Å². The number of pyridine rings is 1. The first-order chi connectivity index (χ1) is 15.6. The van der Waals surface area contributed by atoms with Crippen LogP contribution in [-0.2, 0) is 26.9 Å². The molecule has 1 saturated heterocycles. The van der Waals surface area contributed by atoms with Crippen molar-refractivity contribution in [3.8, 4) is 11.6 Å². The van der Waals surface area contributed by atoms with Gasteiger partial charge in [0.2, 0.25) is 0 Å². The molecule has 1 aliphatic carbocycles. The summed E-state index contributed by atoms with van der Waals surface area (Å²) in [4.78, 5) is 29.7. The Morgan fingerprint density at radius 2 is 1.79 bits per heavy atom. The first-order valence-corrected chi connectivity index (χ1v) is 10.8. The fourth-order valence-electron chi connectivity index (χ4n) is 4.68. The molecule has 0 N–H and O–H groups in total. The Kier molecular flexibility index (Phi) is 6.26. The lowest BCUT2D eigenvalue weighted by Gasteiger charge is -2.41. The van der Waals surface area contributed by atoms with Crippen molar-refractivity contribution in [3.05, 3.63) is 53.0 Å². The molecule has 1 saturated carbocycles. The van der Waals surface area contributed by atoms with Gasteiger partial charge in [0.05, 0.1) is 5.56 Å². The normalized spacial score (nSPS) is 19.2. The zero-order chi connectivity index (χ0) is 23.8. The van der Waals surface area contributed by atoms with E-state index in [4.69, 9.17) is 9.47 Å². The molecule has 4 rings (SSSR count). The van der Waals surface area contributed by atoms with E-state index in [1.54, 1.807) is 6.07 Å². The van der Waals surface area contributed by atoms with Gasteiger partial charge in [0.1, 0.15) is 23.2 Å². The molecule has 2 aromatic rings. The maximum Gasteiger partial charge on any atom is 0.417 e. The van der Waals surface area contributed by atoms with Crippen molar-refractivity contribution < 1.29 is 36.6 Å². The van der Waals surface area contributed by atoms with Gasteiger partial charge in [0, 0.05) is 32.3 Å². The third-order valence-corrected chi connectivity index (χ3v) is 6.45. The van der Waals surface area contributed by atoms with Gasteiger partial charge in [-0.2, -0.15) is 13.2 Å². The van der Waals surface area contributed by atoms with Gasteiger partial charge in [0.25, 0.3) is 5.88 Å². The van der Waals surface area contributed by atoms with Crippen LogP contribution in [0.2, 0.25) is 0 Å². The molecule has 0 unspecified atom stereocenters. The highest BCUT2D eigenvalue weighted by Gasteiger charge is 2.46. The molecule has 2 aliphatic rings. The zero-order valence-electron chi connectivity index (χ0n) is 18.0. The van der Waals surface area contributed by atoms with E-state index in [-0.39, 0.29) is 35.6 Å². The standard InChI is InChI=1S/C24H23F4NO4/c1-2-14-3-4-16(33-22-18(25)9-15(13-29-22)24(26,27)28)10-17(14)21-19(30)11-23(12-20(21)31)5-7-32-8-6-23/h3-4,9-10,13,21H,2,5-8,11-12H2,1H3. The van der Waals surface area contributed by atoms with Gasteiger partial charge in [-0.25, -0.2) is 9.37 Å². The molecule has 1 aromatic heterocycles. The first-order valence-electron chi connectivity index (χ1n) is 10.8. The number of halogens is 4. The summed E-state index contributed by atoms with van der Waals surface area (Å²) in [5.74, 6) is -3.08. The monoisotopic (exact) mass is 465 g/mol. The summed E-state index contributed by atoms with van der Waals surface area (Å²) in [5, 5.41) is 0. The van der Waals surface area contributed by atoms with Crippen molar-refractivity contribution in [2.75, 3.05) is 13.2 Å². The number of Topliss-reactive ketones (excluding diaryl/α,β-unsaturated/α-hetero) is 2. The predicted molar refractivity (Wildman–Crippen MR) is 110 cm³/mol. The molecule has 1 spiro atoms. The molecule has 5 nitrogen and oxygen atoms in total. The quantitative estimate of drug-likeness (QED) is 0.447. The third kappa shape index (κ3) is 4.78. The Morgan fingerprint density at radius 3 is 2.36 bits per heavy atom. The first kappa shape index (κ1) is 23.4. The molecule has 2 fully saturated rings. The van der Waals surface area contributed by atoms with E-state index in [9.17, 15) is 27.2 Å². The Morgan fingerprint density at radius 1 is 1.12 bits per heavy atom. The molecular weight excluding hydrogens is 442 g/mol. The highest BCUT2D eigenvalue weighted by atomic mass is 19.4. The molecule has 9 heteroatoms. The van der Waals surface area contributed by atoms with Crippen LogP contribution in [0.1, 0.15) is 55.2 Å². The Bertz CT molecular complexity index is 1060. The van der Waals surface area contributed by atoms with E-state index in [1.807, 2.05) is 6.92 Å². The van der Waals surface area contributed by atoms with Crippen molar-refractivity contribution in [3.63, 3.8) is 0 Å². The summed E-state index contributed by atoms with van der Waals surface area (Å²) in [6, 6.07) is 4.98. The summed E-state index contributed by atoms with van der Waals surface area (Å²) in [7, 11) is 0. The van der Waals surface area contributed by atoms with Gasteiger partial charge in [-0.3, -0.25) is 9.59 Å². The number of rotatable bonds is 4. The number of carbonyl (C=O) groups is 2. The molecule has 2 heterocycles. The average Bonchev–Trinajstić information content (AvgIpc) is 2.74. The SMILES string of the molecule is CCc1ccc(Oc2ncc(C(F)(F)F)cc2F)cc1C1C(=O)CC2(CCOCC2)CC1=O. The van der Waals surface area contributed by atoms with Crippen LogP contribution in [0.3, 0.4) is 0 Å². The second-order valence-electron chi connectivity index (χ2n) is 8.66. The molecule has 0 radical (unpaired) electrons. The number of aromatic nitrogens is 1. The highest BCUT2D eigenvalue weighted by Crippen LogP contribution is 2.46. The summed E-state index contributed by atoms with van der Waals surface area (Å²) in [6.07, 6.45) is -1.78. The number of aryl methyl sites for hydroxylation is 1. The molecule has 1 aromatic carbocycles. The van der Waals surface area contributed by atoms with E-state index in [2.05, 4.69) is 4.98 Å². The Hall–Kier alpha value is -2.81. The van der Waals surface area contributed by atoms with Crippen molar-refractivity contribution in [2.45, 2.75) is 51.1 Å². The van der Waals surface area contributed by atoms with Gasteiger partial charge in [-0.05, 0) is 54.0 Å². The number of hydrogen-bond acceptors (Lipinski definition) is 5. The highest BCUT2D eigenvalue weighted by molar-refractivity contribution is 6.10. The number of hydrogen-bond donors (Lipinski definition) is 0. The summed E-state index contributed by atoms with van der Waals surface area (Å²) >= 11 is 0. The molecular formula is C24H23F4NO4. The molecule has 0 atom stereocenters. The number of nitrogens with zero attached hydrogens (tertiary/aromatic N) is 1. The predicted octanol–water partition coefficient (Wildman–Crippen LogP) is 5.41. The number of ether oxygens (including phenoxy) is 2. The lowest BCUT2D eigenvalue weighted by Crippen LogP contribution is -2.42. The van der Waals surface area contributed by atoms with Gasteiger partial charge in [0.15, 0.2) is 5.82 Å². The van der Waals surface area contributed by atoms with Crippen LogP contribution < -0.4 is 4.74 Å². The molecule has 0 amide bonds. The van der Waals surface area contributed by atoms with Gasteiger partial charge in [-0.15, -0.1) is 0 Å². The summed E-state index contributed by atoms with van der Waals surface area (Å²) in [6.45, 7) is 2.94. The van der Waals surface area contributed by atoms with Crippen LogP contribution in [0.4, 0.5) is 17.6 Å². The van der Waals surface area contributed by atoms with E-state index >= 15 is 0 Å². The Balaban J connectivity index is 1.61. The largest absolute Gasteiger partial charge is 0.436 e. The molecule has 176 valence electrons. The molecule has 1 aliphatic heterocycles. The lowest BCUT2D eigenvalue weighted by molar-refractivity contribution is -0.140. The smallest absolute Gasteiger partial charge is 0.417 e. The number of carbonyl (C=O) groups excluding carboxylic acids is 2. The summed E-state index contributed by atoms with van der Waals surface area (Å²) < 4.78 is 63.2. The van der Waals surface area contributed by atoms with Gasteiger partial charge in [-0.1, -0.05) is 13.0 Å². The lowest BCUT2D eigenvalue weighted by atomic mass is 9.63. The maximum absolute atomic E-state index is 14.2. The average molecular weight is 465 g/mol. The minimum Gasteiger partial charge on any atom is -0.436 e. The van der Waals surface area contributed by atoms with Crippen molar-refractivity contribution >= 4 is 11.6 Å². The minimum atomic E-state index is -4.73. The van der Waals surface area contributed by atoms with Crippen LogP contribution >= 0.6 is 0 Å². The van der Waals surface area contributed by atoms with Crippen molar-refractivity contribution in [2.24, 2.45) is 5.41 Å². The maximum atomic E-state index is 14.2. The second-order valence-corrected chi connectivity index (χ2v) is 8.66. The fourth-order valence-corrected chi connectivity index (χ4v) is 4.68. The second kappa shape index (κ2) is 8.85. The van der Waals surface area contributed by atoms with Crippen LogP contribution in [-0.4, -0.2) is 29.8 Å². The van der Waals surface area contributed by atoms with Crippen LogP contribution in [0.5, 0.6) is 11.6 Å².